The van der Waals surface area contributed by atoms with Gasteiger partial charge in [0.2, 0.25) is 0 Å². The molecule has 1 rings (SSSR count). The molecule has 0 heterocycles. The second kappa shape index (κ2) is 6.45. The number of aryl methyl sites for hydroxylation is 1. The van der Waals surface area contributed by atoms with Gasteiger partial charge in [-0.25, -0.2) is 8.78 Å². The predicted octanol–water partition coefficient (Wildman–Crippen LogP) is 2.50. The summed E-state index contributed by atoms with van der Waals surface area (Å²) in [6, 6.07) is 1.55. The molecule has 0 aliphatic carbocycles. The third-order valence-electron chi connectivity index (χ3n) is 3.03. The first kappa shape index (κ1) is 16.1. The number of benzene rings is 1. The predicted molar refractivity (Wildman–Crippen MR) is 69.4 cm³/mol. The van der Waals surface area contributed by atoms with Crippen LogP contribution in [0.15, 0.2) is 12.1 Å². The zero-order valence-electron chi connectivity index (χ0n) is 11.5. The summed E-state index contributed by atoms with van der Waals surface area (Å²) in [6.07, 6.45) is -0.307. The average Bonchev–Trinajstić information content (AvgIpc) is 2.33. The van der Waals surface area contributed by atoms with Crippen molar-refractivity contribution in [2.24, 2.45) is 5.92 Å². The standard InChI is InChI=1S/C14H17F2NO3/c1-7(2)10(6-11(18)19)17-14(20)12-9(15)5-4-8(3)13(12)16/h4-5,7,10H,6H2,1-3H3,(H,17,20)(H,18,19). The number of aliphatic carboxylic acids is 1. The summed E-state index contributed by atoms with van der Waals surface area (Å²) in [6.45, 7) is 4.86. The zero-order valence-corrected chi connectivity index (χ0v) is 11.5. The number of carbonyl (C=O) groups excluding carboxylic acids is 1. The van der Waals surface area contributed by atoms with Gasteiger partial charge in [0.25, 0.3) is 5.91 Å². The van der Waals surface area contributed by atoms with Crippen molar-refractivity contribution in [2.45, 2.75) is 33.2 Å². The minimum absolute atomic E-state index is 0.149. The molecule has 1 aromatic carbocycles. The van der Waals surface area contributed by atoms with Crippen LogP contribution in [0.2, 0.25) is 0 Å². The van der Waals surface area contributed by atoms with Gasteiger partial charge in [0.15, 0.2) is 0 Å². The Hall–Kier alpha value is -1.98. The molecule has 1 amide bonds. The van der Waals surface area contributed by atoms with Crippen LogP contribution < -0.4 is 5.32 Å². The monoisotopic (exact) mass is 285 g/mol. The molecule has 1 unspecified atom stereocenters. The topological polar surface area (TPSA) is 66.4 Å². The van der Waals surface area contributed by atoms with Crippen molar-refractivity contribution >= 4 is 11.9 Å². The quantitative estimate of drug-likeness (QED) is 0.873. The summed E-state index contributed by atoms with van der Waals surface area (Å²) in [4.78, 5) is 22.7. The maximum Gasteiger partial charge on any atom is 0.305 e. The summed E-state index contributed by atoms with van der Waals surface area (Å²) in [7, 11) is 0. The molecule has 0 aromatic heterocycles. The van der Waals surface area contributed by atoms with E-state index in [0.717, 1.165) is 6.07 Å². The van der Waals surface area contributed by atoms with Gasteiger partial charge in [-0.2, -0.15) is 0 Å². The number of carboxylic acid groups (broad SMARTS) is 1. The van der Waals surface area contributed by atoms with Crippen molar-refractivity contribution in [2.75, 3.05) is 0 Å². The van der Waals surface area contributed by atoms with Crippen LogP contribution in [0.1, 0.15) is 36.2 Å². The molecule has 0 aliphatic heterocycles. The number of rotatable bonds is 5. The van der Waals surface area contributed by atoms with E-state index in [1.165, 1.54) is 13.0 Å². The maximum absolute atomic E-state index is 13.8. The fourth-order valence-electron chi connectivity index (χ4n) is 1.75. The third-order valence-corrected chi connectivity index (χ3v) is 3.03. The normalized spacial score (nSPS) is 12.3. The molecule has 4 nitrogen and oxygen atoms in total. The van der Waals surface area contributed by atoms with Crippen LogP contribution in [0, 0.1) is 24.5 Å². The van der Waals surface area contributed by atoms with Crippen molar-refractivity contribution in [3.8, 4) is 0 Å². The molecule has 0 saturated heterocycles. The Morgan fingerprint density at radius 3 is 2.40 bits per heavy atom. The average molecular weight is 285 g/mol. The zero-order chi connectivity index (χ0) is 15.4. The molecule has 20 heavy (non-hydrogen) atoms. The molecule has 0 bridgehead atoms. The number of hydrogen-bond donors (Lipinski definition) is 2. The maximum atomic E-state index is 13.8. The highest BCUT2D eigenvalue weighted by Crippen LogP contribution is 2.17. The van der Waals surface area contributed by atoms with E-state index in [9.17, 15) is 18.4 Å². The van der Waals surface area contributed by atoms with Gasteiger partial charge >= 0.3 is 5.97 Å². The Morgan fingerprint density at radius 2 is 1.90 bits per heavy atom. The number of halogens is 2. The highest BCUT2D eigenvalue weighted by molar-refractivity contribution is 5.95. The molecule has 6 heteroatoms. The van der Waals surface area contributed by atoms with E-state index in [0.29, 0.717) is 0 Å². The first-order valence-corrected chi connectivity index (χ1v) is 6.21. The lowest BCUT2D eigenvalue weighted by atomic mass is 10.00. The number of nitrogens with one attached hydrogen (secondary N) is 1. The van der Waals surface area contributed by atoms with Crippen LogP contribution in [-0.2, 0) is 4.79 Å². The Bertz CT molecular complexity index is 529. The van der Waals surface area contributed by atoms with Crippen LogP contribution in [0.3, 0.4) is 0 Å². The number of amides is 1. The van der Waals surface area contributed by atoms with E-state index in [1.54, 1.807) is 13.8 Å². The largest absolute Gasteiger partial charge is 0.481 e. The summed E-state index contributed by atoms with van der Waals surface area (Å²) in [5, 5.41) is 11.1. The summed E-state index contributed by atoms with van der Waals surface area (Å²) >= 11 is 0. The van der Waals surface area contributed by atoms with Crippen molar-refractivity contribution in [3.05, 3.63) is 34.9 Å². The molecule has 1 atom stereocenters. The van der Waals surface area contributed by atoms with Crippen LogP contribution in [0.5, 0.6) is 0 Å². The summed E-state index contributed by atoms with van der Waals surface area (Å²) < 4.78 is 27.4. The van der Waals surface area contributed by atoms with Crippen LogP contribution in [-0.4, -0.2) is 23.0 Å². The van der Waals surface area contributed by atoms with E-state index < -0.39 is 35.1 Å². The molecule has 0 saturated carbocycles. The highest BCUT2D eigenvalue weighted by atomic mass is 19.1. The Morgan fingerprint density at radius 1 is 1.30 bits per heavy atom. The van der Waals surface area contributed by atoms with E-state index in [-0.39, 0.29) is 17.9 Å². The van der Waals surface area contributed by atoms with Gasteiger partial charge in [0, 0.05) is 6.04 Å². The van der Waals surface area contributed by atoms with E-state index in [2.05, 4.69) is 5.32 Å². The fraction of sp³-hybridized carbons (Fsp3) is 0.429. The molecule has 0 aliphatic rings. The number of carbonyl (C=O) groups is 2. The van der Waals surface area contributed by atoms with Gasteiger partial charge in [-0.15, -0.1) is 0 Å². The number of carboxylic acids is 1. The van der Waals surface area contributed by atoms with Crippen LogP contribution in [0.4, 0.5) is 8.78 Å². The summed E-state index contributed by atoms with van der Waals surface area (Å²) in [5.41, 5.74) is -0.531. The molecule has 2 N–H and O–H groups in total. The van der Waals surface area contributed by atoms with Gasteiger partial charge in [0.1, 0.15) is 17.2 Å². The van der Waals surface area contributed by atoms with Gasteiger partial charge in [-0.1, -0.05) is 19.9 Å². The molecule has 0 spiro atoms. The van der Waals surface area contributed by atoms with E-state index in [4.69, 9.17) is 5.11 Å². The lowest BCUT2D eigenvalue weighted by molar-refractivity contribution is -0.137. The van der Waals surface area contributed by atoms with E-state index >= 15 is 0 Å². The number of hydrogen-bond acceptors (Lipinski definition) is 2. The lowest BCUT2D eigenvalue weighted by Crippen LogP contribution is -2.40. The van der Waals surface area contributed by atoms with Gasteiger partial charge < -0.3 is 10.4 Å². The van der Waals surface area contributed by atoms with Crippen LogP contribution >= 0.6 is 0 Å². The molecule has 0 fully saturated rings. The minimum atomic E-state index is -1.09. The molecule has 110 valence electrons. The van der Waals surface area contributed by atoms with Crippen molar-refractivity contribution < 1.29 is 23.5 Å². The van der Waals surface area contributed by atoms with E-state index in [1.807, 2.05) is 0 Å². The smallest absolute Gasteiger partial charge is 0.305 e. The first-order valence-electron chi connectivity index (χ1n) is 6.21. The van der Waals surface area contributed by atoms with Crippen molar-refractivity contribution in [1.82, 2.24) is 5.32 Å². The Labute approximate surface area is 115 Å². The Kier molecular flexibility index (Phi) is 5.19. The second-order valence-corrected chi connectivity index (χ2v) is 4.98. The van der Waals surface area contributed by atoms with Gasteiger partial charge in [-0.3, -0.25) is 9.59 Å². The fourth-order valence-corrected chi connectivity index (χ4v) is 1.75. The summed E-state index contributed by atoms with van der Waals surface area (Å²) in [5.74, 6) is -4.10. The lowest BCUT2D eigenvalue weighted by Gasteiger charge is -2.21. The molecule has 0 radical (unpaired) electrons. The van der Waals surface area contributed by atoms with Gasteiger partial charge in [-0.05, 0) is 24.5 Å². The van der Waals surface area contributed by atoms with Gasteiger partial charge in [0.05, 0.1) is 6.42 Å². The first-order chi connectivity index (χ1) is 9.23. The third kappa shape index (κ3) is 3.76. The van der Waals surface area contributed by atoms with Crippen LogP contribution in [0.25, 0.3) is 0 Å². The second-order valence-electron chi connectivity index (χ2n) is 4.98. The highest BCUT2D eigenvalue weighted by Gasteiger charge is 2.24. The SMILES string of the molecule is Cc1ccc(F)c(C(=O)NC(CC(=O)O)C(C)C)c1F. The minimum Gasteiger partial charge on any atom is -0.481 e. The van der Waals surface area contributed by atoms with Crippen molar-refractivity contribution in [3.63, 3.8) is 0 Å². The van der Waals surface area contributed by atoms with Crippen molar-refractivity contribution in [1.29, 1.82) is 0 Å². The molecular formula is C14H17F2NO3. The molecular weight excluding hydrogens is 268 g/mol. The molecule has 1 aromatic rings. The Balaban J connectivity index is 3.01.